The smallest absolute Gasteiger partial charge is 0.138 e. The molecule has 0 spiro atoms. The zero-order valence-electron chi connectivity index (χ0n) is 12.3. The molecule has 5 heteroatoms. The molecule has 1 aromatic heterocycles. The van der Waals surface area contributed by atoms with E-state index in [1.807, 2.05) is 6.92 Å². The van der Waals surface area contributed by atoms with E-state index in [0.29, 0.717) is 12.4 Å². The first kappa shape index (κ1) is 14.1. The lowest BCUT2D eigenvalue weighted by Gasteiger charge is -2.33. The van der Waals surface area contributed by atoms with Crippen molar-refractivity contribution in [2.75, 3.05) is 23.7 Å². The van der Waals surface area contributed by atoms with E-state index >= 15 is 0 Å². The van der Waals surface area contributed by atoms with Crippen LogP contribution in [0.1, 0.15) is 45.0 Å². The molecule has 106 valence electrons. The predicted octanol–water partition coefficient (Wildman–Crippen LogP) is 1.63. The van der Waals surface area contributed by atoms with Crippen molar-refractivity contribution in [2.45, 2.75) is 52.1 Å². The SMILES string of the molecule is Cc1c(N)nc(C(C)(C)C)nc1N1CCCC(O)C1. The van der Waals surface area contributed by atoms with E-state index in [1.165, 1.54) is 0 Å². The molecule has 1 aromatic rings. The lowest BCUT2D eigenvalue weighted by Crippen LogP contribution is -2.39. The Balaban J connectivity index is 2.41. The van der Waals surface area contributed by atoms with Gasteiger partial charge in [-0.15, -0.1) is 0 Å². The van der Waals surface area contributed by atoms with Gasteiger partial charge in [0.15, 0.2) is 0 Å². The number of nitrogens with two attached hydrogens (primary N) is 1. The average Bonchev–Trinajstić information content (AvgIpc) is 2.31. The third kappa shape index (κ3) is 2.97. The van der Waals surface area contributed by atoms with Crippen molar-refractivity contribution in [1.82, 2.24) is 9.97 Å². The van der Waals surface area contributed by atoms with Crippen LogP contribution in [-0.2, 0) is 5.41 Å². The van der Waals surface area contributed by atoms with Crippen LogP contribution in [0.5, 0.6) is 0 Å². The lowest BCUT2D eigenvalue weighted by atomic mass is 9.95. The summed E-state index contributed by atoms with van der Waals surface area (Å²) < 4.78 is 0. The molecule has 1 aliphatic rings. The largest absolute Gasteiger partial charge is 0.391 e. The second kappa shape index (κ2) is 4.96. The molecule has 0 bridgehead atoms. The van der Waals surface area contributed by atoms with Gasteiger partial charge in [-0.3, -0.25) is 0 Å². The number of aromatic nitrogens is 2. The maximum atomic E-state index is 9.81. The van der Waals surface area contributed by atoms with Crippen LogP contribution >= 0.6 is 0 Å². The van der Waals surface area contributed by atoms with E-state index in [9.17, 15) is 5.11 Å². The van der Waals surface area contributed by atoms with Crippen LogP contribution in [0.25, 0.3) is 0 Å². The lowest BCUT2D eigenvalue weighted by molar-refractivity contribution is 0.153. The molecule has 0 saturated carbocycles. The minimum absolute atomic E-state index is 0.134. The van der Waals surface area contributed by atoms with Crippen molar-refractivity contribution >= 4 is 11.6 Å². The quantitative estimate of drug-likeness (QED) is 0.806. The van der Waals surface area contributed by atoms with Gasteiger partial charge in [-0.25, -0.2) is 9.97 Å². The molecular weight excluding hydrogens is 240 g/mol. The van der Waals surface area contributed by atoms with Crippen LogP contribution in [0.2, 0.25) is 0 Å². The number of hydrogen-bond acceptors (Lipinski definition) is 5. The Morgan fingerprint density at radius 3 is 2.58 bits per heavy atom. The van der Waals surface area contributed by atoms with Crippen LogP contribution in [0.15, 0.2) is 0 Å². The minimum atomic E-state index is -0.276. The Kier molecular flexibility index (Phi) is 3.67. The molecule has 19 heavy (non-hydrogen) atoms. The van der Waals surface area contributed by atoms with Crippen LogP contribution < -0.4 is 10.6 Å². The maximum Gasteiger partial charge on any atom is 0.138 e. The molecule has 0 amide bonds. The third-order valence-electron chi connectivity index (χ3n) is 3.52. The molecular formula is C14H24N4O. The van der Waals surface area contributed by atoms with Crippen LogP contribution in [0.4, 0.5) is 11.6 Å². The first-order valence-corrected chi connectivity index (χ1v) is 6.86. The number of rotatable bonds is 1. The minimum Gasteiger partial charge on any atom is -0.391 e. The summed E-state index contributed by atoms with van der Waals surface area (Å²) in [5.74, 6) is 2.16. The summed E-state index contributed by atoms with van der Waals surface area (Å²) in [4.78, 5) is 11.2. The highest BCUT2D eigenvalue weighted by Gasteiger charge is 2.25. The average molecular weight is 264 g/mol. The highest BCUT2D eigenvalue weighted by atomic mass is 16.3. The topological polar surface area (TPSA) is 75.3 Å². The molecule has 2 rings (SSSR count). The summed E-state index contributed by atoms with van der Waals surface area (Å²) in [7, 11) is 0. The summed E-state index contributed by atoms with van der Waals surface area (Å²) in [5, 5.41) is 9.81. The first-order chi connectivity index (χ1) is 8.79. The molecule has 0 aliphatic carbocycles. The Morgan fingerprint density at radius 1 is 1.32 bits per heavy atom. The molecule has 2 heterocycles. The number of piperidine rings is 1. The fourth-order valence-electron chi connectivity index (χ4n) is 2.31. The van der Waals surface area contributed by atoms with Gasteiger partial charge >= 0.3 is 0 Å². The third-order valence-corrected chi connectivity index (χ3v) is 3.52. The first-order valence-electron chi connectivity index (χ1n) is 6.86. The molecule has 1 atom stereocenters. The van der Waals surface area contributed by atoms with Crippen molar-refractivity contribution in [1.29, 1.82) is 0 Å². The van der Waals surface area contributed by atoms with Gasteiger partial charge in [-0.05, 0) is 19.8 Å². The number of anilines is 2. The van der Waals surface area contributed by atoms with Crippen molar-refractivity contribution in [3.63, 3.8) is 0 Å². The summed E-state index contributed by atoms with van der Waals surface area (Å²) in [6.07, 6.45) is 1.57. The molecule has 1 saturated heterocycles. The van der Waals surface area contributed by atoms with Gasteiger partial charge in [0.1, 0.15) is 17.5 Å². The number of hydrogen-bond donors (Lipinski definition) is 2. The summed E-state index contributed by atoms with van der Waals surface area (Å²) in [5.41, 5.74) is 6.79. The van der Waals surface area contributed by atoms with Gasteiger partial charge in [0.05, 0.1) is 6.10 Å². The van der Waals surface area contributed by atoms with E-state index in [0.717, 1.165) is 36.6 Å². The fraction of sp³-hybridized carbons (Fsp3) is 0.714. The standard InChI is InChI=1S/C14H24N4O/c1-9-11(15)16-13(14(2,3)4)17-12(9)18-7-5-6-10(19)8-18/h10,19H,5-8H2,1-4H3,(H2,15,16,17). The van der Waals surface area contributed by atoms with Gasteiger partial charge in [0.2, 0.25) is 0 Å². The van der Waals surface area contributed by atoms with Crippen molar-refractivity contribution in [3.8, 4) is 0 Å². The van der Waals surface area contributed by atoms with E-state index in [1.54, 1.807) is 0 Å². The van der Waals surface area contributed by atoms with Crippen molar-refractivity contribution in [2.24, 2.45) is 0 Å². The van der Waals surface area contributed by atoms with Crippen LogP contribution in [0, 0.1) is 6.92 Å². The van der Waals surface area contributed by atoms with Gasteiger partial charge in [0, 0.05) is 24.1 Å². The maximum absolute atomic E-state index is 9.81. The molecule has 0 radical (unpaired) electrons. The van der Waals surface area contributed by atoms with E-state index in [2.05, 4.69) is 35.6 Å². The Hall–Kier alpha value is -1.36. The van der Waals surface area contributed by atoms with Gasteiger partial charge in [-0.1, -0.05) is 20.8 Å². The fourth-order valence-corrected chi connectivity index (χ4v) is 2.31. The second-order valence-electron chi connectivity index (χ2n) is 6.37. The normalized spacial score (nSPS) is 20.7. The predicted molar refractivity (Wildman–Crippen MR) is 77.3 cm³/mol. The Morgan fingerprint density at radius 2 is 2.00 bits per heavy atom. The van der Waals surface area contributed by atoms with Gasteiger partial charge in [-0.2, -0.15) is 0 Å². The molecule has 3 N–H and O–H groups in total. The van der Waals surface area contributed by atoms with Crippen LogP contribution in [0.3, 0.4) is 0 Å². The van der Waals surface area contributed by atoms with Crippen LogP contribution in [-0.4, -0.2) is 34.3 Å². The number of nitrogens with zero attached hydrogens (tertiary/aromatic N) is 3. The molecule has 1 unspecified atom stereocenters. The molecule has 0 aromatic carbocycles. The zero-order valence-corrected chi connectivity index (χ0v) is 12.3. The Bertz CT molecular complexity index is 467. The number of aliphatic hydroxyl groups is 1. The monoisotopic (exact) mass is 264 g/mol. The Labute approximate surface area is 114 Å². The zero-order chi connectivity index (χ0) is 14.2. The summed E-state index contributed by atoms with van der Waals surface area (Å²) in [6.45, 7) is 9.71. The highest BCUT2D eigenvalue weighted by Crippen LogP contribution is 2.28. The molecule has 5 nitrogen and oxygen atoms in total. The van der Waals surface area contributed by atoms with E-state index in [-0.39, 0.29) is 11.5 Å². The number of nitrogen functional groups attached to an aromatic ring is 1. The highest BCUT2D eigenvalue weighted by molar-refractivity contribution is 5.57. The number of aliphatic hydroxyl groups excluding tert-OH is 1. The second-order valence-corrected chi connectivity index (χ2v) is 6.37. The molecule has 1 aliphatic heterocycles. The van der Waals surface area contributed by atoms with E-state index < -0.39 is 0 Å². The summed E-state index contributed by atoms with van der Waals surface area (Å²) in [6, 6.07) is 0. The van der Waals surface area contributed by atoms with Gasteiger partial charge < -0.3 is 15.7 Å². The van der Waals surface area contributed by atoms with Gasteiger partial charge in [0.25, 0.3) is 0 Å². The summed E-state index contributed by atoms with van der Waals surface area (Å²) >= 11 is 0. The molecule has 1 fully saturated rings. The van der Waals surface area contributed by atoms with Crippen molar-refractivity contribution < 1.29 is 5.11 Å². The van der Waals surface area contributed by atoms with E-state index in [4.69, 9.17) is 5.73 Å². The van der Waals surface area contributed by atoms with Crippen molar-refractivity contribution in [3.05, 3.63) is 11.4 Å². The number of β-amino-alcohol motifs (C(OH)–C–C–N with tert-alkyl or cyclic N) is 1.